The summed E-state index contributed by atoms with van der Waals surface area (Å²) >= 11 is 0. The van der Waals surface area contributed by atoms with Gasteiger partial charge in [-0.1, -0.05) is 26.8 Å². The lowest BCUT2D eigenvalue weighted by Gasteiger charge is -2.18. The van der Waals surface area contributed by atoms with Crippen molar-refractivity contribution >= 4 is 11.0 Å². The Hall–Kier alpha value is -1.28. The third-order valence-electron chi connectivity index (χ3n) is 3.99. The highest BCUT2D eigenvalue weighted by atomic mass is 16.3. The summed E-state index contributed by atoms with van der Waals surface area (Å²) in [7, 11) is 1.98. The Labute approximate surface area is 115 Å². The zero-order chi connectivity index (χ0) is 13.6. The van der Waals surface area contributed by atoms with Crippen LogP contribution in [0.1, 0.15) is 56.4 Å². The lowest BCUT2D eigenvalue weighted by Crippen LogP contribution is -2.10. The summed E-state index contributed by atoms with van der Waals surface area (Å²) in [4.78, 5) is 0. The van der Waals surface area contributed by atoms with E-state index in [2.05, 4.69) is 44.3 Å². The Morgan fingerprint density at radius 2 is 2.00 bits per heavy atom. The fourth-order valence-corrected chi connectivity index (χ4v) is 2.75. The molecule has 1 fully saturated rings. The van der Waals surface area contributed by atoms with Gasteiger partial charge in [-0.15, -0.1) is 0 Å². The van der Waals surface area contributed by atoms with E-state index in [0.29, 0.717) is 0 Å². The monoisotopic (exact) mass is 257 g/mol. The van der Waals surface area contributed by atoms with E-state index in [4.69, 9.17) is 4.42 Å². The van der Waals surface area contributed by atoms with Crippen LogP contribution < -0.4 is 5.32 Å². The van der Waals surface area contributed by atoms with E-state index in [9.17, 15) is 0 Å². The lowest BCUT2D eigenvalue weighted by atomic mass is 9.86. The molecule has 0 aliphatic heterocycles. The number of furan rings is 1. The molecule has 0 saturated heterocycles. The van der Waals surface area contributed by atoms with E-state index in [1.165, 1.54) is 29.4 Å². The van der Waals surface area contributed by atoms with Gasteiger partial charge in [0.25, 0.3) is 0 Å². The molecule has 1 aliphatic carbocycles. The van der Waals surface area contributed by atoms with Gasteiger partial charge in [0.15, 0.2) is 0 Å². The number of hydrogen-bond acceptors (Lipinski definition) is 2. The maximum Gasteiger partial charge on any atom is 0.134 e. The zero-order valence-corrected chi connectivity index (χ0v) is 12.3. The molecule has 19 heavy (non-hydrogen) atoms. The molecule has 1 aromatic heterocycles. The number of nitrogens with one attached hydrogen (secondary N) is 1. The molecule has 0 spiro atoms. The van der Waals surface area contributed by atoms with Gasteiger partial charge in [-0.3, -0.25) is 0 Å². The predicted molar refractivity (Wildman–Crippen MR) is 79.7 cm³/mol. The molecule has 1 heterocycles. The van der Waals surface area contributed by atoms with Crippen LogP contribution in [0.5, 0.6) is 0 Å². The van der Waals surface area contributed by atoms with Crippen LogP contribution in [0.2, 0.25) is 0 Å². The molecule has 2 aromatic rings. The van der Waals surface area contributed by atoms with E-state index in [1.807, 2.05) is 7.05 Å². The average Bonchev–Trinajstić information content (AvgIpc) is 3.09. The molecular formula is C17H23NO. The first-order chi connectivity index (χ1) is 9.00. The first kappa shape index (κ1) is 12.7. The van der Waals surface area contributed by atoms with Crippen molar-refractivity contribution < 1.29 is 4.42 Å². The average molecular weight is 257 g/mol. The number of fused-ring (bicyclic) bond motifs is 1. The van der Waals surface area contributed by atoms with Crippen molar-refractivity contribution in [1.29, 1.82) is 0 Å². The van der Waals surface area contributed by atoms with Gasteiger partial charge in [-0.05, 0) is 48.9 Å². The van der Waals surface area contributed by atoms with Crippen molar-refractivity contribution in [3.63, 3.8) is 0 Å². The van der Waals surface area contributed by atoms with Crippen LogP contribution in [0.3, 0.4) is 0 Å². The third kappa shape index (κ3) is 2.30. The molecule has 1 N–H and O–H groups in total. The highest BCUT2D eigenvalue weighted by molar-refractivity contribution is 5.84. The summed E-state index contributed by atoms with van der Waals surface area (Å²) < 4.78 is 6.05. The standard InChI is InChI=1S/C17H23NO/c1-17(2,3)12-7-8-14-13(9-12)16(11-5-6-11)15(19-14)10-18-4/h7-9,11,18H,5-6,10H2,1-4H3. The highest BCUT2D eigenvalue weighted by Gasteiger charge is 2.31. The summed E-state index contributed by atoms with van der Waals surface area (Å²) in [6, 6.07) is 6.68. The maximum atomic E-state index is 6.05. The van der Waals surface area contributed by atoms with Crippen LogP contribution in [0.15, 0.2) is 22.6 Å². The fourth-order valence-electron chi connectivity index (χ4n) is 2.75. The summed E-state index contributed by atoms with van der Waals surface area (Å²) in [5, 5.41) is 4.55. The van der Waals surface area contributed by atoms with Gasteiger partial charge in [0.05, 0.1) is 6.54 Å². The largest absolute Gasteiger partial charge is 0.459 e. The minimum atomic E-state index is 0.190. The Balaban J connectivity index is 2.17. The molecule has 1 aliphatic rings. The van der Waals surface area contributed by atoms with Crippen LogP contribution >= 0.6 is 0 Å². The van der Waals surface area contributed by atoms with Gasteiger partial charge in [0.2, 0.25) is 0 Å². The molecular weight excluding hydrogens is 234 g/mol. The molecule has 0 radical (unpaired) electrons. The smallest absolute Gasteiger partial charge is 0.134 e. The van der Waals surface area contributed by atoms with E-state index in [0.717, 1.165) is 23.8 Å². The van der Waals surface area contributed by atoms with Gasteiger partial charge < -0.3 is 9.73 Å². The number of hydrogen-bond donors (Lipinski definition) is 1. The van der Waals surface area contributed by atoms with Crippen molar-refractivity contribution in [2.24, 2.45) is 0 Å². The highest BCUT2D eigenvalue weighted by Crippen LogP contribution is 2.46. The van der Waals surface area contributed by atoms with Crippen molar-refractivity contribution in [2.75, 3.05) is 7.05 Å². The molecule has 1 aromatic carbocycles. The zero-order valence-electron chi connectivity index (χ0n) is 12.3. The van der Waals surface area contributed by atoms with Crippen molar-refractivity contribution in [1.82, 2.24) is 5.32 Å². The number of benzene rings is 1. The second kappa shape index (κ2) is 4.38. The second-order valence-electron chi connectivity index (χ2n) is 6.70. The fraction of sp³-hybridized carbons (Fsp3) is 0.529. The van der Waals surface area contributed by atoms with E-state index in [1.54, 1.807) is 0 Å². The van der Waals surface area contributed by atoms with E-state index >= 15 is 0 Å². The Morgan fingerprint density at radius 1 is 1.26 bits per heavy atom. The summed E-state index contributed by atoms with van der Waals surface area (Å²) in [5.41, 5.74) is 4.07. The molecule has 0 amide bonds. The minimum absolute atomic E-state index is 0.190. The lowest BCUT2D eigenvalue weighted by molar-refractivity contribution is 0.524. The van der Waals surface area contributed by atoms with Crippen molar-refractivity contribution in [2.45, 2.75) is 51.5 Å². The normalized spacial score (nSPS) is 16.2. The van der Waals surface area contributed by atoms with Gasteiger partial charge in [-0.2, -0.15) is 0 Å². The topological polar surface area (TPSA) is 25.2 Å². The Bertz CT molecular complexity index is 599. The first-order valence-electron chi connectivity index (χ1n) is 7.21. The molecule has 102 valence electrons. The SMILES string of the molecule is CNCc1oc2ccc(C(C)(C)C)cc2c1C1CC1. The van der Waals surface area contributed by atoms with E-state index in [-0.39, 0.29) is 5.41 Å². The third-order valence-corrected chi connectivity index (χ3v) is 3.99. The molecule has 2 heteroatoms. The van der Waals surface area contributed by atoms with Gasteiger partial charge in [0, 0.05) is 10.9 Å². The quantitative estimate of drug-likeness (QED) is 0.885. The molecule has 0 unspecified atom stereocenters. The van der Waals surface area contributed by atoms with E-state index < -0.39 is 0 Å². The minimum Gasteiger partial charge on any atom is -0.459 e. The van der Waals surface area contributed by atoms with Crippen LogP contribution in [0.25, 0.3) is 11.0 Å². The number of rotatable bonds is 3. The summed E-state index contributed by atoms with van der Waals surface area (Å²) in [6.07, 6.45) is 2.62. The Kier molecular flexibility index (Phi) is 2.94. The molecule has 1 saturated carbocycles. The first-order valence-corrected chi connectivity index (χ1v) is 7.21. The molecule has 2 nitrogen and oxygen atoms in total. The van der Waals surface area contributed by atoms with Crippen LogP contribution in [0, 0.1) is 0 Å². The Morgan fingerprint density at radius 3 is 2.58 bits per heavy atom. The van der Waals surface area contributed by atoms with Gasteiger partial charge in [-0.25, -0.2) is 0 Å². The van der Waals surface area contributed by atoms with Crippen LogP contribution in [0.4, 0.5) is 0 Å². The maximum absolute atomic E-state index is 6.05. The van der Waals surface area contributed by atoms with Crippen LogP contribution in [-0.4, -0.2) is 7.05 Å². The van der Waals surface area contributed by atoms with Gasteiger partial charge >= 0.3 is 0 Å². The molecule has 3 rings (SSSR count). The predicted octanol–water partition coefficient (Wildman–Crippen LogP) is 4.33. The van der Waals surface area contributed by atoms with Gasteiger partial charge in [0.1, 0.15) is 11.3 Å². The van der Waals surface area contributed by atoms with Crippen molar-refractivity contribution in [3.05, 3.63) is 35.1 Å². The summed E-state index contributed by atoms with van der Waals surface area (Å²) in [6.45, 7) is 7.62. The molecule has 0 bridgehead atoms. The van der Waals surface area contributed by atoms with Crippen LogP contribution in [-0.2, 0) is 12.0 Å². The molecule has 0 atom stereocenters. The second-order valence-corrected chi connectivity index (χ2v) is 6.70. The summed E-state index contributed by atoms with van der Waals surface area (Å²) in [5.74, 6) is 1.85. The van der Waals surface area contributed by atoms with Crippen molar-refractivity contribution in [3.8, 4) is 0 Å².